The van der Waals surface area contributed by atoms with E-state index in [1.54, 1.807) is 60.7 Å². The third kappa shape index (κ3) is 5.17. The second-order valence-electron chi connectivity index (χ2n) is 6.22. The number of esters is 3. The van der Waals surface area contributed by atoms with E-state index >= 15 is 0 Å². The molecule has 2 aromatic rings. The molecule has 7 nitrogen and oxygen atoms in total. The zero-order valence-electron chi connectivity index (χ0n) is 15.3. The van der Waals surface area contributed by atoms with Crippen LogP contribution in [0.3, 0.4) is 0 Å². The van der Waals surface area contributed by atoms with Crippen LogP contribution in [0.1, 0.15) is 34.1 Å². The van der Waals surface area contributed by atoms with E-state index in [4.69, 9.17) is 18.9 Å². The second kappa shape index (κ2) is 9.14. The fourth-order valence-corrected chi connectivity index (χ4v) is 2.81. The predicted octanol–water partition coefficient (Wildman–Crippen LogP) is 2.75. The van der Waals surface area contributed by atoms with Crippen LogP contribution in [0.5, 0.6) is 0 Å². The van der Waals surface area contributed by atoms with Crippen LogP contribution in [0.4, 0.5) is 0 Å². The number of carbonyl (C=O) groups excluding carboxylic acids is 3. The van der Waals surface area contributed by atoms with Gasteiger partial charge >= 0.3 is 17.9 Å². The van der Waals surface area contributed by atoms with Crippen molar-refractivity contribution >= 4 is 17.9 Å². The summed E-state index contributed by atoms with van der Waals surface area (Å²) in [5.74, 6) is -1.56. The summed E-state index contributed by atoms with van der Waals surface area (Å²) in [5.41, 5.74) is 0.785. The van der Waals surface area contributed by atoms with E-state index in [0.29, 0.717) is 11.1 Å². The molecule has 1 aliphatic rings. The van der Waals surface area contributed by atoms with Crippen LogP contribution in [0.25, 0.3) is 0 Å². The van der Waals surface area contributed by atoms with Crippen molar-refractivity contribution in [3.63, 3.8) is 0 Å². The van der Waals surface area contributed by atoms with Gasteiger partial charge in [-0.05, 0) is 24.3 Å². The summed E-state index contributed by atoms with van der Waals surface area (Å²) in [6.45, 7) is 1.12. The first-order valence-corrected chi connectivity index (χ1v) is 8.84. The van der Waals surface area contributed by atoms with Crippen molar-refractivity contribution in [1.29, 1.82) is 0 Å². The van der Waals surface area contributed by atoms with Crippen LogP contribution in [-0.4, -0.2) is 43.0 Å². The maximum Gasteiger partial charge on any atom is 0.338 e. The van der Waals surface area contributed by atoms with E-state index in [1.807, 2.05) is 0 Å². The first-order chi connectivity index (χ1) is 13.5. The average molecular weight is 384 g/mol. The van der Waals surface area contributed by atoms with Crippen molar-refractivity contribution < 1.29 is 33.3 Å². The average Bonchev–Trinajstić information content (AvgIpc) is 3.07. The van der Waals surface area contributed by atoms with Crippen LogP contribution < -0.4 is 0 Å². The molecular formula is C21H20O7. The normalized spacial score (nSPS) is 21.0. The quantitative estimate of drug-likeness (QED) is 0.559. The molecule has 3 atom stereocenters. The van der Waals surface area contributed by atoms with E-state index in [2.05, 4.69) is 0 Å². The zero-order valence-corrected chi connectivity index (χ0v) is 15.3. The lowest BCUT2D eigenvalue weighted by molar-refractivity contribution is -0.175. The van der Waals surface area contributed by atoms with E-state index in [1.165, 1.54) is 6.92 Å². The van der Waals surface area contributed by atoms with E-state index < -0.39 is 36.4 Å². The van der Waals surface area contributed by atoms with Crippen molar-refractivity contribution in [2.75, 3.05) is 6.61 Å². The minimum Gasteiger partial charge on any atom is -0.459 e. The maximum atomic E-state index is 12.3. The van der Waals surface area contributed by atoms with Crippen molar-refractivity contribution in [2.45, 2.75) is 31.8 Å². The molecule has 0 N–H and O–H groups in total. The zero-order chi connectivity index (χ0) is 19.9. The summed E-state index contributed by atoms with van der Waals surface area (Å²) >= 11 is 0. The Bertz CT molecular complexity index is 819. The molecule has 1 saturated heterocycles. The number of hydrogen-bond donors (Lipinski definition) is 0. The molecule has 3 unspecified atom stereocenters. The molecule has 28 heavy (non-hydrogen) atoms. The van der Waals surface area contributed by atoms with Gasteiger partial charge in [0.1, 0.15) is 18.8 Å². The Labute approximate surface area is 162 Å². The number of rotatable bonds is 6. The third-order valence-electron chi connectivity index (χ3n) is 4.12. The van der Waals surface area contributed by atoms with Crippen molar-refractivity contribution in [3.8, 4) is 0 Å². The molecule has 1 fully saturated rings. The Morgan fingerprint density at radius 1 is 0.893 bits per heavy atom. The summed E-state index contributed by atoms with van der Waals surface area (Å²) in [6, 6.07) is 17.0. The van der Waals surface area contributed by atoms with Gasteiger partial charge in [-0.15, -0.1) is 0 Å². The highest BCUT2D eigenvalue weighted by Crippen LogP contribution is 2.26. The van der Waals surface area contributed by atoms with Gasteiger partial charge in [-0.25, -0.2) is 9.59 Å². The van der Waals surface area contributed by atoms with Gasteiger partial charge in [0.25, 0.3) is 0 Å². The topological polar surface area (TPSA) is 88.1 Å². The van der Waals surface area contributed by atoms with Gasteiger partial charge in [0.15, 0.2) is 0 Å². The number of benzene rings is 2. The lowest BCUT2D eigenvalue weighted by atomic mass is 10.1. The highest BCUT2D eigenvalue weighted by atomic mass is 16.7. The number of hydrogen-bond acceptors (Lipinski definition) is 7. The lowest BCUT2D eigenvalue weighted by Gasteiger charge is -2.18. The van der Waals surface area contributed by atoms with Gasteiger partial charge in [-0.1, -0.05) is 36.4 Å². The van der Waals surface area contributed by atoms with Crippen molar-refractivity contribution in [3.05, 3.63) is 71.8 Å². The van der Waals surface area contributed by atoms with Gasteiger partial charge in [-0.2, -0.15) is 0 Å². The Balaban J connectivity index is 1.64. The summed E-state index contributed by atoms with van der Waals surface area (Å²) in [5, 5.41) is 0. The van der Waals surface area contributed by atoms with Crippen LogP contribution in [0, 0.1) is 0 Å². The highest BCUT2D eigenvalue weighted by molar-refractivity contribution is 5.90. The van der Waals surface area contributed by atoms with Crippen LogP contribution >= 0.6 is 0 Å². The molecule has 7 heteroatoms. The molecular weight excluding hydrogens is 364 g/mol. The van der Waals surface area contributed by atoms with Gasteiger partial charge in [0.05, 0.1) is 17.5 Å². The van der Waals surface area contributed by atoms with Crippen molar-refractivity contribution in [1.82, 2.24) is 0 Å². The summed E-state index contributed by atoms with van der Waals surface area (Å²) < 4.78 is 21.5. The minimum atomic E-state index is -0.869. The molecule has 0 saturated carbocycles. The third-order valence-corrected chi connectivity index (χ3v) is 4.12. The fraction of sp³-hybridized carbons (Fsp3) is 0.286. The maximum absolute atomic E-state index is 12.3. The molecule has 0 spiro atoms. The molecule has 0 amide bonds. The first-order valence-electron chi connectivity index (χ1n) is 8.84. The van der Waals surface area contributed by atoms with E-state index in [9.17, 15) is 14.4 Å². The molecule has 0 bridgehead atoms. The molecule has 0 aliphatic carbocycles. The van der Waals surface area contributed by atoms with Gasteiger partial charge in [-0.3, -0.25) is 4.79 Å². The second-order valence-corrected chi connectivity index (χ2v) is 6.22. The molecule has 0 aromatic heterocycles. The smallest absolute Gasteiger partial charge is 0.338 e. The molecule has 3 rings (SSSR count). The molecule has 1 heterocycles. The van der Waals surface area contributed by atoms with Crippen molar-refractivity contribution in [2.24, 2.45) is 0 Å². The molecule has 1 aliphatic heterocycles. The Morgan fingerprint density at radius 2 is 1.46 bits per heavy atom. The largest absolute Gasteiger partial charge is 0.459 e. The number of carbonyl (C=O) groups is 3. The molecule has 146 valence electrons. The van der Waals surface area contributed by atoms with E-state index in [0.717, 1.165) is 0 Å². The Kier molecular flexibility index (Phi) is 6.39. The summed E-state index contributed by atoms with van der Waals surface area (Å²) in [6.07, 6.45) is -2.18. The minimum absolute atomic E-state index is 0.141. The number of ether oxygens (including phenoxy) is 4. The first kappa shape index (κ1) is 19.6. The summed E-state index contributed by atoms with van der Waals surface area (Å²) in [4.78, 5) is 35.7. The van der Waals surface area contributed by atoms with Gasteiger partial charge in [0, 0.05) is 6.92 Å². The molecule has 0 radical (unpaired) electrons. The predicted molar refractivity (Wildman–Crippen MR) is 97.4 cm³/mol. The fourth-order valence-electron chi connectivity index (χ4n) is 2.81. The lowest BCUT2D eigenvalue weighted by Crippen LogP contribution is -2.32. The standard InChI is InChI=1S/C21H20O7/c1-14(22)26-19-12-17(28-21(24)16-10-6-3-7-11-16)18(27-19)13-25-20(23)15-8-4-2-5-9-15/h2-11,17-19H,12-13H2,1H3. The highest BCUT2D eigenvalue weighted by Gasteiger charge is 2.40. The van der Waals surface area contributed by atoms with Gasteiger partial charge in [0.2, 0.25) is 6.29 Å². The Morgan fingerprint density at radius 3 is 2.04 bits per heavy atom. The Hall–Kier alpha value is -3.19. The van der Waals surface area contributed by atoms with E-state index in [-0.39, 0.29) is 13.0 Å². The van der Waals surface area contributed by atoms with Crippen LogP contribution in [0.2, 0.25) is 0 Å². The van der Waals surface area contributed by atoms with Crippen LogP contribution in [-0.2, 0) is 23.7 Å². The SMILES string of the molecule is CC(=O)OC1CC(OC(=O)c2ccccc2)C(COC(=O)c2ccccc2)O1. The summed E-state index contributed by atoms with van der Waals surface area (Å²) in [7, 11) is 0. The van der Waals surface area contributed by atoms with Crippen LogP contribution in [0.15, 0.2) is 60.7 Å². The molecule has 2 aromatic carbocycles. The van der Waals surface area contributed by atoms with Gasteiger partial charge < -0.3 is 18.9 Å². The monoisotopic (exact) mass is 384 g/mol.